The number of nitrogens with one attached hydrogen (secondary N) is 1. The number of hydrogen-bond acceptors (Lipinski definition) is 6. The van der Waals surface area contributed by atoms with Gasteiger partial charge in [-0.15, -0.1) is 22.7 Å². The number of carbonyl (C=O) groups excluding carboxylic acids is 1. The summed E-state index contributed by atoms with van der Waals surface area (Å²) in [7, 11) is 0. The van der Waals surface area contributed by atoms with Gasteiger partial charge in [-0.3, -0.25) is 9.59 Å². The van der Waals surface area contributed by atoms with Crippen LogP contribution in [0.15, 0.2) is 27.7 Å². The van der Waals surface area contributed by atoms with Crippen molar-refractivity contribution < 1.29 is 9.53 Å². The van der Waals surface area contributed by atoms with Crippen molar-refractivity contribution in [2.24, 2.45) is 0 Å². The van der Waals surface area contributed by atoms with E-state index in [1.807, 2.05) is 29.8 Å². The van der Waals surface area contributed by atoms with E-state index >= 15 is 0 Å². The van der Waals surface area contributed by atoms with Crippen LogP contribution in [0.5, 0.6) is 0 Å². The molecule has 0 fully saturated rings. The number of nitrogens with zero attached hydrogens (tertiary/aromatic N) is 1. The Balaban J connectivity index is 1.89. The lowest BCUT2D eigenvalue weighted by Crippen LogP contribution is -2.17. The summed E-state index contributed by atoms with van der Waals surface area (Å²) in [5.74, 6) is 0.120. The smallest absolute Gasteiger partial charge is 0.306 e. The van der Waals surface area contributed by atoms with Gasteiger partial charge in [0.1, 0.15) is 4.83 Å². The molecule has 3 rings (SSSR count). The zero-order chi connectivity index (χ0) is 17.1. The summed E-state index contributed by atoms with van der Waals surface area (Å²) in [4.78, 5) is 33.2. The first-order valence-corrected chi connectivity index (χ1v) is 9.60. The highest BCUT2D eigenvalue weighted by atomic mass is 32.1. The van der Waals surface area contributed by atoms with E-state index in [1.165, 1.54) is 11.3 Å². The molecular weight excluding hydrogens is 344 g/mol. The Morgan fingerprint density at radius 3 is 2.96 bits per heavy atom. The van der Waals surface area contributed by atoms with E-state index in [0.29, 0.717) is 22.5 Å². The number of fused-ring (bicyclic) bond motifs is 1. The van der Waals surface area contributed by atoms with Crippen LogP contribution in [-0.4, -0.2) is 15.9 Å². The van der Waals surface area contributed by atoms with Crippen LogP contribution in [0, 0.1) is 0 Å². The second-order valence-electron chi connectivity index (χ2n) is 5.49. The molecule has 0 aliphatic rings. The van der Waals surface area contributed by atoms with E-state index in [1.54, 1.807) is 18.3 Å². The zero-order valence-electron chi connectivity index (χ0n) is 13.5. The van der Waals surface area contributed by atoms with Gasteiger partial charge in [0.05, 0.1) is 5.39 Å². The first kappa shape index (κ1) is 16.9. The van der Waals surface area contributed by atoms with Crippen LogP contribution in [0.3, 0.4) is 0 Å². The van der Waals surface area contributed by atoms with Crippen molar-refractivity contribution in [2.45, 2.75) is 39.2 Å². The van der Waals surface area contributed by atoms with Crippen LogP contribution in [0.4, 0.5) is 0 Å². The van der Waals surface area contributed by atoms with Crippen molar-refractivity contribution in [3.05, 3.63) is 39.1 Å². The molecule has 0 spiro atoms. The molecule has 0 aliphatic heterocycles. The molecule has 0 unspecified atom stereocenters. The summed E-state index contributed by atoms with van der Waals surface area (Å²) in [6, 6.07) is 3.94. The van der Waals surface area contributed by atoms with E-state index in [0.717, 1.165) is 23.3 Å². The molecule has 1 N–H and O–H groups in total. The monoisotopic (exact) mass is 362 g/mol. The molecule has 7 heteroatoms. The number of hydrogen-bond donors (Lipinski definition) is 1. The Morgan fingerprint density at radius 2 is 2.25 bits per heavy atom. The molecule has 3 aromatic rings. The van der Waals surface area contributed by atoms with Gasteiger partial charge in [0, 0.05) is 22.2 Å². The predicted octanol–water partition coefficient (Wildman–Crippen LogP) is 4.51. The van der Waals surface area contributed by atoms with Gasteiger partial charge in [-0.1, -0.05) is 19.4 Å². The molecule has 24 heavy (non-hydrogen) atoms. The number of unbranched alkanes of at least 4 members (excludes halogenated alkanes) is 1. The lowest BCUT2D eigenvalue weighted by atomic mass is 10.2. The van der Waals surface area contributed by atoms with Crippen LogP contribution in [0.2, 0.25) is 0 Å². The number of rotatable bonds is 6. The maximum Gasteiger partial charge on any atom is 0.306 e. The van der Waals surface area contributed by atoms with Gasteiger partial charge in [-0.25, -0.2) is 4.98 Å². The second-order valence-corrected chi connectivity index (χ2v) is 7.30. The molecule has 126 valence electrons. The molecule has 0 bridgehead atoms. The number of H-pyrrole nitrogens is 1. The molecule has 1 atom stereocenters. The molecule has 0 radical (unpaired) electrons. The van der Waals surface area contributed by atoms with Gasteiger partial charge < -0.3 is 9.72 Å². The van der Waals surface area contributed by atoms with E-state index in [-0.39, 0.29) is 11.5 Å². The highest BCUT2D eigenvalue weighted by Gasteiger charge is 2.18. The van der Waals surface area contributed by atoms with Gasteiger partial charge in [0.2, 0.25) is 0 Å². The minimum Gasteiger partial charge on any atom is -0.454 e. The van der Waals surface area contributed by atoms with E-state index in [4.69, 9.17) is 4.74 Å². The quantitative estimate of drug-likeness (QED) is 0.655. The molecule has 0 saturated heterocycles. The van der Waals surface area contributed by atoms with Gasteiger partial charge in [-0.2, -0.15) is 0 Å². The Morgan fingerprint density at radius 1 is 1.42 bits per heavy atom. The lowest BCUT2D eigenvalue weighted by Gasteiger charge is -2.12. The summed E-state index contributed by atoms with van der Waals surface area (Å²) >= 11 is 3.01. The molecule has 0 amide bonds. The third-order valence-corrected chi connectivity index (χ3v) is 5.45. The molecule has 3 heterocycles. The molecule has 3 aromatic heterocycles. The number of aromatic amines is 1. The number of aromatic nitrogens is 2. The van der Waals surface area contributed by atoms with E-state index < -0.39 is 6.10 Å². The molecule has 5 nitrogen and oxygen atoms in total. The summed E-state index contributed by atoms with van der Waals surface area (Å²) in [6.45, 7) is 3.74. The SMILES string of the molecule is CCCCC(=O)O[C@H](C)c1nc2scc(-c3cccs3)c2c(=O)[nH]1. The Hall–Kier alpha value is -1.99. The average Bonchev–Trinajstić information content (AvgIpc) is 3.21. The number of ether oxygens (including phenoxy) is 1. The number of esters is 1. The third kappa shape index (κ3) is 3.42. The Bertz CT molecular complexity index is 896. The number of carbonyl (C=O) groups is 1. The first-order chi connectivity index (χ1) is 11.6. The Labute approximate surface area is 147 Å². The fourth-order valence-corrected chi connectivity index (χ4v) is 4.17. The van der Waals surface area contributed by atoms with Crippen molar-refractivity contribution in [2.75, 3.05) is 0 Å². The second kappa shape index (κ2) is 7.27. The summed E-state index contributed by atoms with van der Waals surface area (Å²) in [5, 5.41) is 4.52. The average molecular weight is 362 g/mol. The summed E-state index contributed by atoms with van der Waals surface area (Å²) in [5.41, 5.74) is 0.703. The Kier molecular flexibility index (Phi) is 5.11. The van der Waals surface area contributed by atoms with Crippen LogP contribution in [0.25, 0.3) is 20.7 Å². The minimum atomic E-state index is -0.571. The maximum absolute atomic E-state index is 12.5. The van der Waals surface area contributed by atoms with Crippen LogP contribution >= 0.6 is 22.7 Å². The lowest BCUT2D eigenvalue weighted by molar-refractivity contribution is -0.149. The minimum absolute atomic E-state index is 0.198. The van der Waals surface area contributed by atoms with Crippen molar-refractivity contribution in [1.29, 1.82) is 0 Å². The molecular formula is C17H18N2O3S2. The van der Waals surface area contributed by atoms with Crippen molar-refractivity contribution >= 4 is 38.9 Å². The summed E-state index contributed by atoms with van der Waals surface area (Å²) < 4.78 is 5.36. The molecule has 0 aliphatic carbocycles. The zero-order valence-corrected chi connectivity index (χ0v) is 15.1. The van der Waals surface area contributed by atoms with Gasteiger partial charge in [-0.05, 0) is 24.8 Å². The number of thiophene rings is 2. The predicted molar refractivity (Wildman–Crippen MR) is 97.6 cm³/mol. The largest absolute Gasteiger partial charge is 0.454 e. The van der Waals surface area contributed by atoms with E-state index in [2.05, 4.69) is 9.97 Å². The topological polar surface area (TPSA) is 72.0 Å². The van der Waals surface area contributed by atoms with Gasteiger partial charge in [0.15, 0.2) is 11.9 Å². The highest BCUT2D eigenvalue weighted by molar-refractivity contribution is 7.18. The molecule has 0 saturated carbocycles. The first-order valence-electron chi connectivity index (χ1n) is 7.85. The third-order valence-electron chi connectivity index (χ3n) is 3.68. The van der Waals surface area contributed by atoms with Crippen LogP contribution in [-0.2, 0) is 9.53 Å². The van der Waals surface area contributed by atoms with Gasteiger partial charge >= 0.3 is 5.97 Å². The normalized spacial score (nSPS) is 12.4. The summed E-state index contributed by atoms with van der Waals surface area (Å²) in [6.07, 6.45) is 1.54. The van der Waals surface area contributed by atoms with E-state index in [9.17, 15) is 9.59 Å². The molecule has 0 aromatic carbocycles. The van der Waals surface area contributed by atoms with Crippen molar-refractivity contribution in [1.82, 2.24) is 9.97 Å². The van der Waals surface area contributed by atoms with Crippen molar-refractivity contribution in [3.8, 4) is 10.4 Å². The van der Waals surface area contributed by atoms with Crippen molar-refractivity contribution in [3.63, 3.8) is 0 Å². The fourth-order valence-electron chi connectivity index (χ4n) is 2.40. The van der Waals surface area contributed by atoms with Crippen LogP contribution < -0.4 is 5.56 Å². The standard InChI is InChI=1S/C17H18N2O3S2/c1-3-4-7-13(20)22-10(2)15-18-16(21)14-11(9-24-17(14)19-15)12-6-5-8-23-12/h5-6,8-10H,3-4,7H2,1-2H3,(H,18,19,21)/t10-/m1/s1. The highest BCUT2D eigenvalue weighted by Crippen LogP contribution is 2.33. The fraction of sp³-hybridized carbons (Fsp3) is 0.353. The maximum atomic E-state index is 12.5. The van der Waals surface area contributed by atoms with Gasteiger partial charge in [0.25, 0.3) is 5.56 Å². The van der Waals surface area contributed by atoms with Crippen LogP contribution in [0.1, 0.15) is 45.0 Å².